The van der Waals surface area contributed by atoms with Crippen LogP contribution in [0.4, 0.5) is 13.2 Å². The molecule has 2 rings (SSSR count). The summed E-state index contributed by atoms with van der Waals surface area (Å²) in [4.78, 5) is 14.2. The quantitative estimate of drug-likeness (QED) is 0.788. The van der Waals surface area contributed by atoms with Crippen molar-refractivity contribution in [3.63, 3.8) is 0 Å². The van der Waals surface area contributed by atoms with E-state index in [2.05, 4.69) is 15.0 Å². The number of amides is 1. The molecule has 1 aromatic rings. The number of halogens is 3. The van der Waals surface area contributed by atoms with Gasteiger partial charge >= 0.3 is 6.36 Å². The van der Waals surface area contributed by atoms with Gasteiger partial charge in [0.05, 0.1) is 0 Å². The molecule has 1 unspecified atom stereocenters. The van der Waals surface area contributed by atoms with Gasteiger partial charge in [0.2, 0.25) is 5.91 Å². The maximum absolute atomic E-state index is 12.4. The summed E-state index contributed by atoms with van der Waals surface area (Å²) in [7, 11) is 2.04. The van der Waals surface area contributed by atoms with Crippen molar-refractivity contribution in [2.24, 2.45) is 0 Å². The molecule has 0 bridgehead atoms. The van der Waals surface area contributed by atoms with Gasteiger partial charge in [-0.15, -0.1) is 13.2 Å². The molecular formula is C17H23F3N2O2. The van der Waals surface area contributed by atoms with Crippen molar-refractivity contribution in [3.05, 3.63) is 29.8 Å². The first-order chi connectivity index (χ1) is 11.3. The van der Waals surface area contributed by atoms with Gasteiger partial charge in [-0.3, -0.25) is 9.69 Å². The van der Waals surface area contributed by atoms with Crippen LogP contribution in [0.3, 0.4) is 0 Å². The molecule has 7 heteroatoms. The number of hydrogen-bond donors (Lipinski definition) is 1. The van der Waals surface area contributed by atoms with E-state index in [0.29, 0.717) is 18.2 Å². The first kappa shape index (κ1) is 18.6. The van der Waals surface area contributed by atoms with Crippen LogP contribution in [0.2, 0.25) is 0 Å². The van der Waals surface area contributed by atoms with Gasteiger partial charge in [-0.25, -0.2) is 0 Å². The van der Waals surface area contributed by atoms with Gasteiger partial charge < -0.3 is 10.1 Å². The fourth-order valence-corrected chi connectivity index (χ4v) is 2.52. The third-order valence-electron chi connectivity index (χ3n) is 4.23. The van der Waals surface area contributed by atoms with Crippen LogP contribution in [0.1, 0.15) is 31.7 Å². The molecule has 1 aliphatic rings. The van der Waals surface area contributed by atoms with Crippen molar-refractivity contribution in [3.8, 4) is 5.75 Å². The fraction of sp³-hybridized carbons (Fsp3) is 0.588. The third-order valence-corrected chi connectivity index (χ3v) is 4.23. The zero-order valence-electron chi connectivity index (χ0n) is 13.9. The number of para-hydroxylation sites is 1. The van der Waals surface area contributed by atoms with E-state index >= 15 is 0 Å². The molecule has 1 N–H and O–H groups in total. The van der Waals surface area contributed by atoms with Gasteiger partial charge in [-0.1, -0.05) is 18.2 Å². The van der Waals surface area contributed by atoms with Crippen LogP contribution < -0.4 is 10.1 Å². The van der Waals surface area contributed by atoms with Crippen molar-refractivity contribution >= 4 is 5.91 Å². The number of hydrogen-bond acceptors (Lipinski definition) is 3. The summed E-state index contributed by atoms with van der Waals surface area (Å²) in [6.07, 6.45) is -2.01. The van der Waals surface area contributed by atoms with Crippen molar-refractivity contribution in [2.75, 3.05) is 13.6 Å². The lowest BCUT2D eigenvalue weighted by Gasteiger charge is -2.24. The van der Waals surface area contributed by atoms with Crippen LogP contribution in [-0.4, -0.2) is 42.8 Å². The Balaban J connectivity index is 1.79. The summed E-state index contributed by atoms with van der Waals surface area (Å²) in [5.41, 5.74) is 0.369. The summed E-state index contributed by atoms with van der Waals surface area (Å²) >= 11 is 0. The Hall–Kier alpha value is -1.76. The van der Waals surface area contributed by atoms with Crippen LogP contribution in [0.25, 0.3) is 0 Å². The number of benzene rings is 1. The number of alkyl halides is 3. The first-order valence-corrected chi connectivity index (χ1v) is 8.08. The SMILES string of the molecule is CC(CNC(=O)CCc1ccccc1OC(F)(F)F)N(C)C1CC1. The number of carbonyl (C=O) groups excluding carboxylic acids is 1. The molecule has 0 spiro atoms. The van der Waals surface area contributed by atoms with Crippen LogP contribution in [0.5, 0.6) is 5.75 Å². The smallest absolute Gasteiger partial charge is 0.406 e. The molecule has 1 amide bonds. The van der Waals surface area contributed by atoms with Crippen LogP contribution >= 0.6 is 0 Å². The van der Waals surface area contributed by atoms with E-state index in [4.69, 9.17) is 0 Å². The van der Waals surface area contributed by atoms with Crippen molar-refractivity contribution in [2.45, 2.75) is 51.1 Å². The van der Waals surface area contributed by atoms with Crippen molar-refractivity contribution < 1.29 is 22.7 Å². The predicted molar refractivity (Wildman–Crippen MR) is 84.7 cm³/mol. The Morgan fingerprint density at radius 3 is 2.67 bits per heavy atom. The molecule has 1 atom stereocenters. The second-order valence-electron chi connectivity index (χ2n) is 6.21. The van der Waals surface area contributed by atoms with Gasteiger partial charge in [-0.2, -0.15) is 0 Å². The molecule has 0 aliphatic heterocycles. The normalized spacial score (nSPS) is 16.1. The lowest BCUT2D eigenvalue weighted by molar-refractivity contribution is -0.274. The summed E-state index contributed by atoms with van der Waals surface area (Å²) < 4.78 is 41.1. The van der Waals surface area contributed by atoms with Crippen LogP contribution in [0, 0.1) is 0 Å². The summed E-state index contributed by atoms with van der Waals surface area (Å²) in [5, 5.41) is 2.84. The van der Waals surface area contributed by atoms with E-state index in [0.717, 1.165) is 0 Å². The fourth-order valence-electron chi connectivity index (χ4n) is 2.52. The minimum atomic E-state index is -4.73. The highest BCUT2D eigenvalue weighted by Crippen LogP contribution is 2.27. The molecular weight excluding hydrogens is 321 g/mol. The molecule has 0 saturated heterocycles. The van der Waals surface area contributed by atoms with E-state index in [1.807, 2.05) is 14.0 Å². The molecule has 134 valence electrons. The third kappa shape index (κ3) is 6.03. The topological polar surface area (TPSA) is 41.6 Å². The van der Waals surface area contributed by atoms with Gasteiger partial charge in [-0.05, 0) is 44.9 Å². The Bertz CT molecular complexity index is 559. The lowest BCUT2D eigenvalue weighted by Crippen LogP contribution is -2.41. The van der Waals surface area contributed by atoms with E-state index in [1.54, 1.807) is 6.07 Å². The number of nitrogens with one attached hydrogen (secondary N) is 1. The van der Waals surface area contributed by atoms with Gasteiger partial charge in [0.15, 0.2) is 0 Å². The van der Waals surface area contributed by atoms with E-state index in [9.17, 15) is 18.0 Å². The minimum absolute atomic E-state index is 0.123. The van der Waals surface area contributed by atoms with Crippen LogP contribution in [0.15, 0.2) is 24.3 Å². The monoisotopic (exact) mass is 344 g/mol. The number of rotatable bonds is 8. The molecule has 24 heavy (non-hydrogen) atoms. The average molecular weight is 344 g/mol. The standard InChI is InChI=1S/C17H23F3N2O2/c1-12(22(2)14-8-9-14)11-21-16(23)10-7-13-5-3-4-6-15(13)24-17(18,19)20/h3-6,12,14H,7-11H2,1-2H3,(H,21,23). The molecule has 1 aromatic carbocycles. The lowest BCUT2D eigenvalue weighted by atomic mass is 10.1. The predicted octanol–water partition coefficient (Wildman–Crippen LogP) is 3.12. The van der Waals surface area contributed by atoms with Crippen LogP contribution in [-0.2, 0) is 11.2 Å². The molecule has 0 radical (unpaired) electrons. The maximum Gasteiger partial charge on any atom is 0.573 e. The number of likely N-dealkylation sites (N-methyl/N-ethyl adjacent to an activating group) is 1. The maximum atomic E-state index is 12.4. The molecule has 0 aromatic heterocycles. The van der Waals surface area contributed by atoms with Gasteiger partial charge in [0, 0.05) is 25.0 Å². The summed E-state index contributed by atoms with van der Waals surface area (Å²) in [6.45, 7) is 2.58. The zero-order valence-corrected chi connectivity index (χ0v) is 13.9. The summed E-state index contributed by atoms with van der Waals surface area (Å²) in [5.74, 6) is -0.424. The zero-order chi connectivity index (χ0) is 17.7. The second-order valence-corrected chi connectivity index (χ2v) is 6.21. The van der Waals surface area contributed by atoms with Crippen molar-refractivity contribution in [1.29, 1.82) is 0 Å². The Morgan fingerprint density at radius 1 is 1.38 bits per heavy atom. The highest BCUT2D eigenvalue weighted by Gasteiger charge is 2.32. The first-order valence-electron chi connectivity index (χ1n) is 8.08. The molecule has 1 aliphatic carbocycles. The van der Waals surface area contributed by atoms with E-state index in [-0.39, 0.29) is 30.5 Å². The number of ether oxygens (including phenoxy) is 1. The minimum Gasteiger partial charge on any atom is -0.406 e. The molecule has 4 nitrogen and oxygen atoms in total. The van der Waals surface area contributed by atoms with Gasteiger partial charge in [0.1, 0.15) is 5.75 Å². The van der Waals surface area contributed by atoms with E-state index < -0.39 is 6.36 Å². The molecule has 0 heterocycles. The molecule has 1 fully saturated rings. The number of carbonyl (C=O) groups is 1. The second kappa shape index (κ2) is 7.88. The highest BCUT2D eigenvalue weighted by atomic mass is 19.4. The Kier molecular flexibility index (Phi) is 6.10. The Labute approximate surface area is 140 Å². The number of aryl methyl sites for hydroxylation is 1. The van der Waals surface area contributed by atoms with Crippen molar-refractivity contribution in [1.82, 2.24) is 10.2 Å². The highest BCUT2D eigenvalue weighted by molar-refractivity contribution is 5.76. The summed E-state index contributed by atoms with van der Waals surface area (Å²) in [6, 6.07) is 6.75. The number of nitrogens with zero attached hydrogens (tertiary/aromatic N) is 1. The largest absolute Gasteiger partial charge is 0.573 e. The molecule has 1 saturated carbocycles. The van der Waals surface area contributed by atoms with Gasteiger partial charge in [0.25, 0.3) is 0 Å². The van der Waals surface area contributed by atoms with E-state index in [1.165, 1.54) is 31.0 Å². The Morgan fingerprint density at radius 2 is 2.04 bits per heavy atom. The average Bonchev–Trinajstić information content (AvgIpc) is 3.34.